The maximum Gasteiger partial charge on any atom is 0.343 e. The molecule has 0 spiro atoms. The molecule has 9 heteroatoms. The van der Waals surface area contributed by atoms with Crippen LogP contribution in [0.15, 0.2) is 107 Å². The third kappa shape index (κ3) is 6.27. The zero-order valence-corrected chi connectivity index (χ0v) is 23.0. The summed E-state index contributed by atoms with van der Waals surface area (Å²) in [5.74, 6) is -0.611. The fourth-order valence-corrected chi connectivity index (χ4v) is 5.42. The lowest BCUT2D eigenvalue weighted by molar-refractivity contribution is 0.0725. The summed E-state index contributed by atoms with van der Waals surface area (Å²) in [6.07, 6.45) is 0. The van der Waals surface area contributed by atoms with Crippen molar-refractivity contribution in [3.8, 4) is 11.5 Å². The molecule has 0 saturated carbocycles. The van der Waals surface area contributed by atoms with E-state index in [4.69, 9.17) is 9.47 Å². The third-order valence-electron chi connectivity index (χ3n) is 4.81. The minimum Gasteiger partial charge on any atom is -0.423 e. The van der Waals surface area contributed by atoms with Gasteiger partial charge in [0.25, 0.3) is 0 Å². The first-order chi connectivity index (χ1) is 16.7. The number of halogens is 2. The molecule has 6 nitrogen and oxygen atoms in total. The van der Waals surface area contributed by atoms with Crippen molar-refractivity contribution in [1.82, 2.24) is 0 Å². The number of ether oxygens (including phenoxy) is 2. The van der Waals surface area contributed by atoms with Crippen LogP contribution in [0.5, 0.6) is 11.5 Å². The van der Waals surface area contributed by atoms with E-state index in [-0.39, 0.29) is 21.3 Å². The normalized spacial score (nSPS) is 11.0. The van der Waals surface area contributed by atoms with Crippen molar-refractivity contribution in [2.45, 2.75) is 9.79 Å². The number of benzene rings is 4. The Kier molecular flexibility index (Phi) is 7.87. The van der Waals surface area contributed by atoms with Crippen molar-refractivity contribution < 1.29 is 27.5 Å². The smallest absolute Gasteiger partial charge is 0.343 e. The molecule has 35 heavy (non-hydrogen) atoms. The van der Waals surface area contributed by atoms with Gasteiger partial charge in [0.1, 0.15) is 11.5 Å². The van der Waals surface area contributed by atoms with Crippen molar-refractivity contribution >= 4 is 67.0 Å². The van der Waals surface area contributed by atoms with Crippen molar-refractivity contribution in [3.05, 3.63) is 115 Å². The Morgan fingerprint density at radius 1 is 0.571 bits per heavy atom. The quantitative estimate of drug-likeness (QED) is 0.135. The highest BCUT2D eigenvalue weighted by atomic mass is 127. The van der Waals surface area contributed by atoms with E-state index >= 15 is 0 Å². The minimum atomic E-state index is -3.83. The predicted octanol–water partition coefficient (Wildman–Crippen LogP) is 6.17. The van der Waals surface area contributed by atoms with E-state index in [0.29, 0.717) is 11.1 Å². The van der Waals surface area contributed by atoms with Crippen LogP contribution in [0.3, 0.4) is 0 Å². The monoisotopic (exact) mass is 710 g/mol. The molecule has 0 atom stereocenters. The van der Waals surface area contributed by atoms with E-state index in [9.17, 15) is 18.0 Å². The summed E-state index contributed by atoms with van der Waals surface area (Å²) in [5.41, 5.74) is 0.799. The molecule has 0 aliphatic rings. The summed E-state index contributed by atoms with van der Waals surface area (Å²) in [4.78, 5) is 24.7. The first-order valence-electron chi connectivity index (χ1n) is 10.1. The third-order valence-corrected chi connectivity index (χ3v) is 7.94. The number of rotatable bonds is 6. The van der Waals surface area contributed by atoms with Gasteiger partial charge in [-0.15, -0.1) is 0 Å². The molecule has 176 valence electrons. The topological polar surface area (TPSA) is 86.7 Å². The summed E-state index contributed by atoms with van der Waals surface area (Å²) in [5, 5.41) is 0. The standard InChI is InChI=1S/C26H16I2O6S/c27-19-5-1-3-17(15-19)25(29)33-21-7-11-23(12-8-21)35(31,32)24-13-9-22(10-14-24)34-26(30)18-4-2-6-20(28)16-18/h1-16H. The van der Waals surface area contributed by atoms with Gasteiger partial charge in [-0.2, -0.15) is 0 Å². The Balaban J connectivity index is 1.45. The minimum absolute atomic E-state index is 0.0372. The summed E-state index contributed by atoms with van der Waals surface area (Å²) in [6, 6.07) is 25.1. The molecular weight excluding hydrogens is 694 g/mol. The highest BCUT2D eigenvalue weighted by Gasteiger charge is 2.19. The molecule has 0 aliphatic carbocycles. The molecule has 0 N–H and O–H groups in total. The van der Waals surface area contributed by atoms with Crippen LogP contribution >= 0.6 is 45.2 Å². The number of carbonyl (C=O) groups is 2. The van der Waals surface area contributed by atoms with Crippen LogP contribution in [-0.2, 0) is 9.84 Å². The largest absolute Gasteiger partial charge is 0.423 e. The summed E-state index contributed by atoms with van der Waals surface area (Å²) in [6.45, 7) is 0. The van der Waals surface area contributed by atoms with Gasteiger partial charge in [-0.1, -0.05) is 12.1 Å². The number of carbonyl (C=O) groups excluding carboxylic acids is 2. The molecule has 0 unspecified atom stereocenters. The van der Waals surface area contributed by atoms with Gasteiger partial charge < -0.3 is 9.47 Å². The van der Waals surface area contributed by atoms with E-state index in [0.717, 1.165) is 7.14 Å². The molecule has 0 aliphatic heterocycles. The molecule has 4 aromatic rings. The lowest BCUT2D eigenvalue weighted by atomic mass is 10.2. The molecule has 0 fully saturated rings. The highest BCUT2D eigenvalue weighted by Crippen LogP contribution is 2.26. The first kappa shape index (κ1) is 25.3. The highest BCUT2D eigenvalue weighted by molar-refractivity contribution is 14.1. The van der Waals surface area contributed by atoms with E-state index < -0.39 is 21.8 Å². The molecule has 0 saturated heterocycles. The van der Waals surface area contributed by atoms with Crippen molar-refractivity contribution in [1.29, 1.82) is 0 Å². The van der Waals surface area contributed by atoms with Crippen molar-refractivity contribution in [2.24, 2.45) is 0 Å². The average molecular weight is 710 g/mol. The molecule has 4 rings (SSSR count). The fourth-order valence-electron chi connectivity index (χ4n) is 3.07. The van der Waals surface area contributed by atoms with Crippen LogP contribution in [0, 0.1) is 7.14 Å². The Bertz CT molecular complexity index is 1390. The molecular formula is C26H16I2O6S. The van der Waals surface area contributed by atoms with Gasteiger partial charge in [0.15, 0.2) is 0 Å². The van der Waals surface area contributed by atoms with E-state index in [1.807, 2.05) is 12.1 Å². The van der Waals surface area contributed by atoms with Gasteiger partial charge in [0.05, 0.1) is 20.9 Å². The SMILES string of the molecule is O=C(Oc1ccc(S(=O)(=O)c2ccc(OC(=O)c3cccc(I)c3)cc2)cc1)c1cccc(I)c1. The summed E-state index contributed by atoms with van der Waals surface area (Å²) in [7, 11) is -3.83. The molecule has 0 bridgehead atoms. The van der Waals surface area contributed by atoms with Crippen molar-refractivity contribution in [3.63, 3.8) is 0 Å². The van der Waals surface area contributed by atoms with Crippen molar-refractivity contribution in [2.75, 3.05) is 0 Å². The van der Waals surface area contributed by atoms with Gasteiger partial charge >= 0.3 is 11.9 Å². The fraction of sp³-hybridized carbons (Fsp3) is 0. The zero-order valence-electron chi connectivity index (χ0n) is 17.9. The Morgan fingerprint density at radius 3 is 1.29 bits per heavy atom. The number of esters is 2. The number of hydrogen-bond donors (Lipinski definition) is 0. The lowest BCUT2D eigenvalue weighted by Gasteiger charge is -2.09. The zero-order chi connectivity index (χ0) is 25.0. The Labute approximate surface area is 229 Å². The lowest BCUT2D eigenvalue weighted by Crippen LogP contribution is -2.09. The molecule has 0 amide bonds. The van der Waals surface area contributed by atoms with Crippen LogP contribution in [0.4, 0.5) is 0 Å². The van der Waals surface area contributed by atoms with Gasteiger partial charge in [-0.25, -0.2) is 18.0 Å². The van der Waals surface area contributed by atoms with Gasteiger partial charge in [0, 0.05) is 7.14 Å². The van der Waals surface area contributed by atoms with Crippen LogP contribution < -0.4 is 9.47 Å². The second kappa shape index (κ2) is 10.9. The second-order valence-corrected chi connectivity index (χ2v) is 11.7. The maximum atomic E-state index is 13.0. The maximum absolute atomic E-state index is 13.0. The van der Waals surface area contributed by atoms with E-state index in [1.54, 1.807) is 36.4 Å². The first-order valence-corrected chi connectivity index (χ1v) is 13.8. The predicted molar refractivity (Wildman–Crippen MR) is 147 cm³/mol. The van der Waals surface area contributed by atoms with Crippen LogP contribution in [-0.4, -0.2) is 20.4 Å². The molecule has 0 heterocycles. The second-order valence-electron chi connectivity index (χ2n) is 7.25. The van der Waals surface area contributed by atoms with Gasteiger partial charge in [-0.05, 0) is 130 Å². The molecule has 0 radical (unpaired) electrons. The Morgan fingerprint density at radius 2 is 0.943 bits per heavy atom. The molecule has 4 aromatic carbocycles. The van der Waals surface area contributed by atoms with Gasteiger partial charge in [-0.3, -0.25) is 0 Å². The van der Waals surface area contributed by atoms with Crippen LogP contribution in [0.25, 0.3) is 0 Å². The number of hydrogen-bond acceptors (Lipinski definition) is 6. The van der Waals surface area contributed by atoms with E-state index in [1.165, 1.54) is 48.5 Å². The Hall–Kier alpha value is -2.77. The van der Waals surface area contributed by atoms with Crippen LogP contribution in [0.2, 0.25) is 0 Å². The summed E-state index contributed by atoms with van der Waals surface area (Å²) >= 11 is 4.20. The number of sulfone groups is 1. The van der Waals surface area contributed by atoms with Crippen LogP contribution in [0.1, 0.15) is 20.7 Å². The average Bonchev–Trinajstić information content (AvgIpc) is 2.85. The van der Waals surface area contributed by atoms with E-state index in [2.05, 4.69) is 45.2 Å². The van der Waals surface area contributed by atoms with Gasteiger partial charge in [0.2, 0.25) is 9.84 Å². The molecule has 0 aromatic heterocycles. The summed E-state index contributed by atoms with van der Waals surface area (Å²) < 4.78 is 38.5.